The molecule has 0 saturated carbocycles. The third kappa shape index (κ3) is 5.97. The summed E-state index contributed by atoms with van der Waals surface area (Å²) >= 11 is 0. The van der Waals surface area contributed by atoms with Gasteiger partial charge in [-0.15, -0.1) is 0 Å². The average Bonchev–Trinajstić information content (AvgIpc) is 3.52. The number of fused-ring (bicyclic) bond motifs is 1. The van der Waals surface area contributed by atoms with Crippen LogP contribution in [0, 0.1) is 0 Å². The van der Waals surface area contributed by atoms with E-state index in [1.165, 1.54) is 6.42 Å². The van der Waals surface area contributed by atoms with Gasteiger partial charge in [0.15, 0.2) is 0 Å². The van der Waals surface area contributed by atoms with Gasteiger partial charge in [0, 0.05) is 23.7 Å². The number of anilines is 1. The molecule has 1 aliphatic carbocycles. The molecule has 1 aromatic heterocycles. The first kappa shape index (κ1) is 25.7. The van der Waals surface area contributed by atoms with Gasteiger partial charge < -0.3 is 19.9 Å². The molecule has 198 valence electrons. The Morgan fingerprint density at radius 1 is 1.19 bits per heavy atom. The van der Waals surface area contributed by atoms with Crippen molar-refractivity contribution in [3.63, 3.8) is 0 Å². The Hall–Kier alpha value is -2.95. The fraction of sp³-hybridized carbons (Fsp3) is 0.481. The van der Waals surface area contributed by atoms with E-state index in [4.69, 9.17) is 15.0 Å². The monoisotopic (exact) mass is 525 g/mol. The van der Waals surface area contributed by atoms with Gasteiger partial charge in [0.2, 0.25) is 15.8 Å². The summed E-state index contributed by atoms with van der Waals surface area (Å²) in [5.74, 6) is 1.57. The van der Waals surface area contributed by atoms with Crippen LogP contribution in [-0.4, -0.2) is 54.9 Å². The summed E-state index contributed by atoms with van der Waals surface area (Å²) in [5, 5.41) is 4.22. The summed E-state index contributed by atoms with van der Waals surface area (Å²) in [6.07, 6.45) is 4.99. The van der Waals surface area contributed by atoms with Crippen LogP contribution in [0.4, 0.5) is 5.69 Å². The van der Waals surface area contributed by atoms with Crippen LogP contribution >= 0.6 is 0 Å². The normalized spacial score (nSPS) is 18.3. The average molecular weight is 526 g/mol. The van der Waals surface area contributed by atoms with E-state index < -0.39 is 10.0 Å². The second-order valence-corrected chi connectivity index (χ2v) is 12.0. The Morgan fingerprint density at radius 2 is 2.00 bits per heavy atom. The predicted molar refractivity (Wildman–Crippen MR) is 144 cm³/mol. The van der Waals surface area contributed by atoms with Crippen molar-refractivity contribution in [2.24, 2.45) is 0 Å². The van der Waals surface area contributed by atoms with Gasteiger partial charge >= 0.3 is 0 Å². The van der Waals surface area contributed by atoms with Crippen molar-refractivity contribution >= 4 is 15.7 Å². The Balaban J connectivity index is 1.30. The smallest absolute Gasteiger partial charge is 0.258 e. The van der Waals surface area contributed by atoms with Crippen LogP contribution in [0.5, 0.6) is 5.75 Å². The number of nitrogens with one attached hydrogen (secondary N) is 1. The molecule has 2 aromatic carbocycles. The topological polar surface area (TPSA) is 124 Å². The van der Waals surface area contributed by atoms with E-state index in [2.05, 4.69) is 19.8 Å². The van der Waals surface area contributed by atoms with Crippen molar-refractivity contribution < 1.29 is 17.7 Å². The molecule has 3 N–H and O–H groups in total. The molecule has 1 fully saturated rings. The lowest BCUT2D eigenvalue weighted by molar-refractivity contribution is 0.241. The molecule has 0 radical (unpaired) electrons. The van der Waals surface area contributed by atoms with Crippen molar-refractivity contribution in [3.05, 3.63) is 47.5 Å². The maximum absolute atomic E-state index is 12.9. The number of likely N-dealkylation sites (tertiary alicyclic amines) is 1. The standard InChI is InChI=1S/C27H35N5O4S/c1-18(2)35-25-12-9-19(17-23(25)28)27-29-26(30-36-27)22-8-6-7-21-20(22)10-11-24(21)31-37(33,34)16-15-32-13-4-3-5-14-32/h6-9,12,17-18,24,31H,3-5,10-11,13-16,28H2,1-2H3/t24-/m1/s1. The van der Waals surface area contributed by atoms with Crippen LogP contribution < -0.4 is 15.2 Å². The number of nitrogens with two attached hydrogens (primary N) is 1. The third-order valence-electron chi connectivity index (χ3n) is 7.00. The highest BCUT2D eigenvalue weighted by Crippen LogP contribution is 2.38. The van der Waals surface area contributed by atoms with Gasteiger partial charge in [-0.25, -0.2) is 13.1 Å². The quantitative estimate of drug-likeness (QED) is 0.399. The van der Waals surface area contributed by atoms with Crippen molar-refractivity contribution in [3.8, 4) is 28.6 Å². The molecule has 1 aliphatic heterocycles. The number of nitrogen functional groups attached to an aromatic ring is 1. The summed E-state index contributed by atoms with van der Waals surface area (Å²) < 4.78 is 39.9. The second-order valence-electron chi connectivity index (χ2n) is 10.1. The first-order valence-corrected chi connectivity index (χ1v) is 14.7. The van der Waals surface area contributed by atoms with E-state index in [0.717, 1.165) is 49.0 Å². The molecule has 10 heteroatoms. The highest BCUT2D eigenvalue weighted by molar-refractivity contribution is 7.89. The van der Waals surface area contributed by atoms with Crippen molar-refractivity contribution in [2.45, 2.75) is 58.1 Å². The number of hydrogen-bond donors (Lipinski definition) is 2. The maximum atomic E-state index is 12.9. The lowest BCUT2D eigenvalue weighted by atomic mass is 10.0. The fourth-order valence-corrected chi connectivity index (χ4v) is 6.48. The minimum Gasteiger partial charge on any atom is -0.489 e. The Labute approximate surface area is 218 Å². The zero-order chi connectivity index (χ0) is 26.0. The summed E-state index contributed by atoms with van der Waals surface area (Å²) in [6, 6.07) is 11.0. The molecule has 2 aliphatic rings. The summed E-state index contributed by atoms with van der Waals surface area (Å²) in [7, 11) is -3.40. The van der Waals surface area contributed by atoms with Gasteiger partial charge in [-0.1, -0.05) is 29.8 Å². The summed E-state index contributed by atoms with van der Waals surface area (Å²) in [6.45, 7) is 6.44. The fourth-order valence-electron chi connectivity index (χ4n) is 5.19. The van der Waals surface area contributed by atoms with Gasteiger partial charge in [0.1, 0.15) is 5.75 Å². The molecule has 0 amide bonds. The lowest BCUT2D eigenvalue weighted by Gasteiger charge is -2.26. The van der Waals surface area contributed by atoms with Crippen molar-refractivity contribution in [1.82, 2.24) is 19.8 Å². The van der Waals surface area contributed by atoms with Crippen LogP contribution in [0.1, 0.15) is 56.7 Å². The van der Waals surface area contributed by atoms with Crippen molar-refractivity contribution in [1.29, 1.82) is 0 Å². The molecule has 0 bridgehead atoms. The van der Waals surface area contributed by atoms with Crippen LogP contribution in [0.2, 0.25) is 0 Å². The number of ether oxygens (including phenoxy) is 1. The number of rotatable bonds is 9. The van der Waals surface area contributed by atoms with E-state index >= 15 is 0 Å². The number of benzene rings is 2. The van der Waals surface area contributed by atoms with Gasteiger partial charge in [0.25, 0.3) is 5.89 Å². The molecular weight excluding hydrogens is 490 g/mol. The zero-order valence-corrected chi connectivity index (χ0v) is 22.3. The van der Waals surface area contributed by atoms with Gasteiger partial charge in [-0.3, -0.25) is 0 Å². The molecule has 1 saturated heterocycles. The summed E-state index contributed by atoms with van der Waals surface area (Å²) in [4.78, 5) is 6.87. The molecule has 2 heterocycles. The number of aromatic nitrogens is 2. The first-order chi connectivity index (χ1) is 17.8. The van der Waals surface area contributed by atoms with E-state index in [0.29, 0.717) is 41.7 Å². The molecule has 9 nitrogen and oxygen atoms in total. The molecule has 37 heavy (non-hydrogen) atoms. The Morgan fingerprint density at radius 3 is 2.76 bits per heavy atom. The number of sulfonamides is 1. The zero-order valence-electron chi connectivity index (χ0n) is 21.4. The minimum absolute atomic E-state index is 0.0197. The molecular formula is C27H35N5O4S. The molecule has 3 aromatic rings. The van der Waals surface area contributed by atoms with Crippen molar-refractivity contribution in [2.75, 3.05) is 31.1 Å². The Bertz CT molecular complexity index is 1350. The van der Waals surface area contributed by atoms with E-state index in [1.807, 2.05) is 38.1 Å². The lowest BCUT2D eigenvalue weighted by Crippen LogP contribution is -2.38. The highest BCUT2D eigenvalue weighted by Gasteiger charge is 2.30. The van der Waals surface area contributed by atoms with Gasteiger partial charge in [-0.2, -0.15) is 4.98 Å². The highest BCUT2D eigenvalue weighted by atomic mass is 32.2. The van der Waals surface area contributed by atoms with Crippen LogP contribution in [0.3, 0.4) is 0 Å². The minimum atomic E-state index is -3.40. The third-order valence-corrected chi connectivity index (χ3v) is 8.37. The molecule has 1 atom stereocenters. The molecule has 0 spiro atoms. The molecule has 5 rings (SSSR count). The van der Waals surface area contributed by atoms with Gasteiger partial charge in [-0.05, 0) is 81.9 Å². The number of hydrogen-bond acceptors (Lipinski definition) is 8. The molecule has 0 unspecified atom stereocenters. The number of piperidine rings is 1. The van der Waals surface area contributed by atoms with E-state index in [-0.39, 0.29) is 17.9 Å². The maximum Gasteiger partial charge on any atom is 0.258 e. The van der Waals surface area contributed by atoms with Crippen LogP contribution in [-0.2, 0) is 16.4 Å². The first-order valence-electron chi connectivity index (χ1n) is 13.0. The predicted octanol–water partition coefficient (Wildman–Crippen LogP) is 4.17. The van der Waals surface area contributed by atoms with Crippen LogP contribution in [0.15, 0.2) is 40.9 Å². The summed E-state index contributed by atoms with van der Waals surface area (Å²) in [5.41, 5.74) is 10.3. The van der Waals surface area contributed by atoms with E-state index in [1.54, 1.807) is 12.1 Å². The largest absolute Gasteiger partial charge is 0.489 e. The van der Waals surface area contributed by atoms with Gasteiger partial charge in [0.05, 0.1) is 17.5 Å². The van der Waals surface area contributed by atoms with E-state index in [9.17, 15) is 8.42 Å². The Kier molecular flexibility index (Phi) is 7.50. The SMILES string of the molecule is CC(C)Oc1ccc(-c2nc(-c3cccc4c3CC[C@H]4NS(=O)(=O)CCN3CCCCC3)no2)cc1N. The number of nitrogens with zero attached hydrogens (tertiary/aromatic N) is 3. The van der Waals surface area contributed by atoms with Crippen LogP contribution in [0.25, 0.3) is 22.8 Å². The second kappa shape index (κ2) is 10.8.